The topological polar surface area (TPSA) is 66.5 Å². The second-order valence-corrected chi connectivity index (χ2v) is 10.6. The lowest BCUT2D eigenvalue weighted by atomic mass is 9.87. The Morgan fingerprint density at radius 3 is 2.70 bits per heavy atom. The lowest BCUT2D eigenvalue weighted by molar-refractivity contribution is -0.121. The third kappa shape index (κ3) is 3.95. The van der Waals surface area contributed by atoms with Gasteiger partial charge in [-0.3, -0.25) is 4.79 Å². The summed E-state index contributed by atoms with van der Waals surface area (Å²) in [6, 6.07) is 11.7. The van der Waals surface area contributed by atoms with Crippen LogP contribution in [0.3, 0.4) is 0 Å². The zero-order valence-electron chi connectivity index (χ0n) is 15.2. The van der Waals surface area contributed by atoms with E-state index in [4.69, 9.17) is 0 Å². The number of nitrogens with one attached hydrogen (secondary N) is 1. The average Bonchev–Trinajstić information content (AvgIpc) is 3.34. The number of thiophene rings is 1. The van der Waals surface area contributed by atoms with Gasteiger partial charge < -0.3 is 5.32 Å². The summed E-state index contributed by atoms with van der Waals surface area (Å²) in [4.78, 5) is 13.3. The van der Waals surface area contributed by atoms with Gasteiger partial charge in [0.15, 0.2) is 0 Å². The number of fused-ring (bicyclic) bond motifs is 1. The second-order valence-electron chi connectivity index (χ2n) is 7.22. The first-order valence-corrected chi connectivity index (χ1v) is 11.8. The number of rotatable bonds is 5. The van der Waals surface area contributed by atoms with E-state index < -0.39 is 10.0 Å². The number of carbonyl (C=O) groups is 1. The lowest BCUT2D eigenvalue weighted by Crippen LogP contribution is -2.31. The highest BCUT2D eigenvalue weighted by Gasteiger charge is 2.29. The molecule has 1 aliphatic carbocycles. The molecule has 7 heteroatoms. The van der Waals surface area contributed by atoms with E-state index in [-0.39, 0.29) is 18.4 Å². The van der Waals surface area contributed by atoms with Crippen molar-refractivity contribution < 1.29 is 13.2 Å². The van der Waals surface area contributed by atoms with Crippen molar-refractivity contribution in [1.29, 1.82) is 0 Å². The van der Waals surface area contributed by atoms with Gasteiger partial charge in [-0.1, -0.05) is 24.3 Å². The zero-order chi connectivity index (χ0) is 18.9. The van der Waals surface area contributed by atoms with Gasteiger partial charge in [-0.25, -0.2) is 8.42 Å². The first kappa shape index (κ1) is 18.7. The summed E-state index contributed by atoms with van der Waals surface area (Å²) < 4.78 is 27.1. The molecule has 0 saturated carbocycles. The molecule has 2 heterocycles. The summed E-state index contributed by atoms with van der Waals surface area (Å²) in [6.45, 7) is 1.19. The molecule has 144 valence electrons. The Hall–Kier alpha value is -1.70. The van der Waals surface area contributed by atoms with E-state index in [9.17, 15) is 13.2 Å². The van der Waals surface area contributed by atoms with Gasteiger partial charge in [-0.2, -0.15) is 4.31 Å². The number of carbonyl (C=O) groups excluding carboxylic acids is 1. The van der Waals surface area contributed by atoms with Crippen LogP contribution in [0.1, 0.15) is 47.7 Å². The summed E-state index contributed by atoms with van der Waals surface area (Å²) in [5.41, 5.74) is 2.52. The van der Waals surface area contributed by atoms with Gasteiger partial charge in [-0.05, 0) is 55.4 Å². The van der Waals surface area contributed by atoms with E-state index in [0.29, 0.717) is 17.3 Å². The SMILES string of the molecule is O=C(Cc1ccc(S(=O)(=O)N2CCCC2)s1)N[C@H]1CCCc2ccccc21. The van der Waals surface area contributed by atoms with Crippen LogP contribution in [0, 0.1) is 0 Å². The number of benzene rings is 1. The molecule has 2 aromatic rings. The van der Waals surface area contributed by atoms with Crippen molar-refractivity contribution in [2.45, 2.75) is 48.8 Å². The fourth-order valence-corrected chi connectivity index (χ4v) is 6.98. The van der Waals surface area contributed by atoms with Crippen molar-refractivity contribution in [3.63, 3.8) is 0 Å². The van der Waals surface area contributed by atoms with E-state index in [1.54, 1.807) is 16.4 Å². The smallest absolute Gasteiger partial charge is 0.252 e. The Morgan fingerprint density at radius 2 is 1.89 bits per heavy atom. The minimum Gasteiger partial charge on any atom is -0.349 e. The molecule has 27 heavy (non-hydrogen) atoms. The van der Waals surface area contributed by atoms with E-state index in [0.717, 1.165) is 37.0 Å². The third-order valence-electron chi connectivity index (χ3n) is 5.34. The van der Waals surface area contributed by atoms with Gasteiger partial charge in [0.05, 0.1) is 12.5 Å². The van der Waals surface area contributed by atoms with Gasteiger partial charge in [0.25, 0.3) is 10.0 Å². The highest BCUT2D eigenvalue weighted by atomic mass is 32.2. The first-order valence-electron chi connectivity index (χ1n) is 9.50. The first-order chi connectivity index (χ1) is 13.0. The molecule has 1 aliphatic heterocycles. The van der Waals surface area contributed by atoms with Crippen molar-refractivity contribution in [3.8, 4) is 0 Å². The maximum Gasteiger partial charge on any atom is 0.252 e. The molecule has 0 unspecified atom stereocenters. The van der Waals surface area contributed by atoms with E-state index >= 15 is 0 Å². The number of hydrogen-bond acceptors (Lipinski definition) is 4. The van der Waals surface area contributed by atoms with Gasteiger partial charge in [0.1, 0.15) is 4.21 Å². The van der Waals surface area contributed by atoms with Gasteiger partial charge in [-0.15, -0.1) is 11.3 Å². The van der Waals surface area contributed by atoms with Crippen LogP contribution in [0.5, 0.6) is 0 Å². The van der Waals surface area contributed by atoms with Crippen LogP contribution >= 0.6 is 11.3 Å². The van der Waals surface area contributed by atoms with E-state index in [1.165, 1.54) is 22.5 Å². The maximum absolute atomic E-state index is 12.6. The van der Waals surface area contributed by atoms with Crippen LogP contribution in [-0.4, -0.2) is 31.7 Å². The Labute approximate surface area is 164 Å². The monoisotopic (exact) mass is 404 g/mol. The van der Waals surface area contributed by atoms with Crippen LogP contribution in [0.25, 0.3) is 0 Å². The molecule has 1 atom stereocenters. The fraction of sp³-hybridized carbons (Fsp3) is 0.450. The normalized spacial score (nSPS) is 20.4. The Morgan fingerprint density at radius 1 is 1.11 bits per heavy atom. The third-order valence-corrected chi connectivity index (χ3v) is 8.79. The molecule has 5 nitrogen and oxygen atoms in total. The van der Waals surface area contributed by atoms with Crippen molar-refractivity contribution in [3.05, 3.63) is 52.4 Å². The number of hydrogen-bond donors (Lipinski definition) is 1. The molecule has 0 spiro atoms. The van der Waals surface area contributed by atoms with Crippen LogP contribution in [0.15, 0.2) is 40.6 Å². The number of nitrogens with zero attached hydrogens (tertiary/aromatic N) is 1. The Bertz CT molecular complexity index is 930. The predicted octanol–water partition coefficient (Wildman–Crippen LogP) is 3.27. The molecule has 1 saturated heterocycles. The highest BCUT2D eigenvalue weighted by molar-refractivity contribution is 7.91. The Balaban J connectivity index is 1.42. The quantitative estimate of drug-likeness (QED) is 0.832. The van der Waals surface area contributed by atoms with Crippen LogP contribution in [0.2, 0.25) is 0 Å². The molecule has 1 N–H and O–H groups in total. The molecule has 1 aromatic heterocycles. The molecule has 4 rings (SSSR count). The summed E-state index contributed by atoms with van der Waals surface area (Å²) in [5.74, 6) is -0.0522. The fourth-order valence-electron chi connectivity index (χ4n) is 3.96. The highest BCUT2D eigenvalue weighted by Crippen LogP contribution is 2.30. The standard InChI is InChI=1S/C20H24N2O3S2/c23-19(21-18-9-5-7-15-6-1-2-8-17(15)18)14-16-10-11-20(26-16)27(24,25)22-12-3-4-13-22/h1-2,6,8,10-11,18H,3-5,7,9,12-14H2,(H,21,23)/t18-/m0/s1. The van der Waals surface area contributed by atoms with Gasteiger partial charge >= 0.3 is 0 Å². The van der Waals surface area contributed by atoms with Crippen molar-refractivity contribution in [2.75, 3.05) is 13.1 Å². The molecule has 1 aromatic carbocycles. The van der Waals surface area contributed by atoms with Crippen LogP contribution in [-0.2, 0) is 27.7 Å². The summed E-state index contributed by atoms with van der Waals surface area (Å²) in [5, 5.41) is 3.13. The number of amides is 1. The molecule has 2 aliphatic rings. The summed E-state index contributed by atoms with van der Waals surface area (Å²) >= 11 is 1.21. The Kier molecular flexibility index (Phi) is 5.34. The van der Waals surface area contributed by atoms with Crippen molar-refractivity contribution in [1.82, 2.24) is 9.62 Å². The molecule has 1 amide bonds. The van der Waals surface area contributed by atoms with Gasteiger partial charge in [0.2, 0.25) is 5.91 Å². The maximum atomic E-state index is 12.6. The summed E-state index contributed by atoms with van der Waals surface area (Å²) in [6.07, 6.45) is 5.14. The van der Waals surface area contributed by atoms with Crippen molar-refractivity contribution >= 4 is 27.3 Å². The molecule has 0 radical (unpaired) electrons. The van der Waals surface area contributed by atoms with Gasteiger partial charge in [0, 0.05) is 18.0 Å². The summed E-state index contributed by atoms with van der Waals surface area (Å²) in [7, 11) is -3.40. The zero-order valence-corrected chi connectivity index (χ0v) is 16.8. The number of aryl methyl sites for hydroxylation is 1. The number of sulfonamides is 1. The largest absolute Gasteiger partial charge is 0.349 e. The van der Waals surface area contributed by atoms with Crippen molar-refractivity contribution in [2.24, 2.45) is 0 Å². The molecular formula is C20H24N2O3S2. The minimum absolute atomic E-state index is 0.0511. The minimum atomic E-state index is -3.40. The second kappa shape index (κ2) is 7.73. The van der Waals surface area contributed by atoms with Crippen LogP contribution < -0.4 is 5.32 Å². The lowest BCUT2D eigenvalue weighted by Gasteiger charge is -2.26. The predicted molar refractivity (Wildman–Crippen MR) is 106 cm³/mol. The van der Waals surface area contributed by atoms with Crippen LogP contribution in [0.4, 0.5) is 0 Å². The molecule has 1 fully saturated rings. The van der Waals surface area contributed by atoms with E-state index in [1.807, 2.05) is 12.1 Å². The molecular weight excluding hydrogens is 380 g/mol. The average molecular weight is 405 g/mol. The molecule has 0 bridgehead atoms. The van der Waals surface area contributed by atoms with E-state index in [2.05, 4.69) is 17.4 Å².